The molecule has 2 N–H and O–H groups in total. The van der Waals surface area contributed by atoms with Crippen molar-refractivity contribution in [2.45, 2.75) is 13.0 Å². The van der Waals surface area contributed by atoms with Gasteiger partial charge in [0, 0.05) is 18.2 Å². The number of hydrogen-bond acceptors (Lipinski definition) is 6. The van der Waals surface area contributed by atoms with Gasteiger partial charge in [0.2, 0.25) is 5.75 Å². The summed E-state index contributed by atoms with van der Waals surface area (Å²) >= 11 is 0. The molecule has 0 bridgehead atoms. The van der Waals surface area contributed by atoms with Crippen LogP contribution in [0.2, 0.25) is 0 Å². The molecule has 0 fully saturated rings. The zero-order chi connectivity index (χ0) is 15.4. The van der Waals surface area contributed by atoms with Gasteiger partial charge in [0.15, 0.2) is 0 Å². The van der Waals surface area contributed by atoms with E-state index in [1.165, 1.54) is 31.5 Å². The molecule has 7 nitrogen and oxygen atoms in total. The summed E-state index contributed by atoms with van der Waals surface area (Å²) in [4.78, 5) is 14.6. The third kappa shape index (κ3) is 3.46. The Balaban J connectivity index is 2.31. The molecule has 2 rings (SSSR count). The van der Waals surface area contributed by atoms with Crippen LogP contribution in [0.15, 0.2) is 36.5 Å². The molecule has 0 saturated carbocycles. The van der Waals surface area contributed by atoms with Crippen molar-refractivity contribution in [1.82, 2.24) is 4.98 Å². The summed E-state index contributed by atoms with van der Waals surface area (Å²) in [6.07, 6.45) is 1.47. The number of benzene rings is 1. The van der Waals surface area contributed by atoms with Gasteiger partial charge >= 0.3 is 5.69 Å². The highest BCUT2D eigenvalue weighted by molar-refractivity contribution is 5.52. The molecule has 0 aliphatic carbocycles. The zero-order valence-electron chi connectivity index (χ0n) is 11.6. The van der Waals surface area contributed by atoms with Gasteiger partial charge in [0.1, 0.15) is 11.5 Å². The molecule has 0 radical (unpaired) electrons. The highest BCUT2D eigenvalue weighted by Crippen LogP contribution is 2.34. The minimum absolute atomic E-state index is 0.0923. The second kappa shape index (κ2) is 6.19. The topological polar surface area (TPSA) is 101 Å². The molecule has 1 heterocycles. The molecule has 0 spiro atoms. The van der Waals surface area contributed by atoms with Crippen LogP contribution in [-0.2, 0) is 0 Å². The number of nitro benzene ring substituents is 1. The summed E-state index contributed by atoms with van der Waals surface area (Å²) in [6.45, 7) is 1.82. The molecule has 0 unspecified atom stereocenters. The van der Waals surface area contributed by atoms with Gasteiger partial charge in [-0.05, 0) is 25.1 Å². The van der Waals surface area contributed by atoms with Crippen LogP contribution in [0.1, 0.15) is 18.7 Å². The van der Waals surface area contributed by atoms with E-state index in [9.17, 15) is 10.1 Å². The van der Waals surface area contributed by atoms with Crippen LogP contribution >= 0.6 is 0 Å². The van der Waals surface area contributed by atoms with Crippen LogP contribution in [0.3, 0.4) is 0 Å². The van der Waals surface area contributed by atoms with Gasteiger partial charge in [-0.3, -0.25) is 15.1 Å². The van der Waals surface area contributed by atoms with E-state index in [4.69, 9.17) is 15.2 Å². The maximum atomic E-state index is 11.0. The van der Waals surface area contributed by atoms with Crippen LogP contribution in [0, 0.1) is 10.1 Å². The van der Waals surface area contributed by atoms with Crippen LogP contribution in [-0.4, -0.2) is 17.0 Å². The summed E-state index contributed by atoms with van der Waals surface area (Å²) in [5.41, 5.74) is 6.27. The van der Waals surface area contributed by atoms with Crippen molar-refractivity contribution in [3.8, 4) is 17.2 Å². The highest BCUT2D eigenvalue weighted by Gasteiger charge is 2.17. The summed E-state index contributed by atoms with van der Waals surface area (Å²) in [6, 6.07) is 7.48. The zero-order valence-corrected chi connectivity index (χ0v) is 11.6. The van der Waals surface area contributed by atoms with E-state index in [1.807, 2.05) is 6.92 Å². The average molecular weight is 289 g/mol. The van der Waals surface area contributed by atoms with E-state index in [2.05, 4.69) is 4.98 Å². The van der Waals surface area contributed by atoms with Crippen molar-refractivity contribution in [2.75, 3.05) is 7.11 Å². The molecule has 0 amide bonds. The Morgan fingerprint density at radius 1 is 1.29 bits per heavy atom. The van der Waals surface area contributed by atoms with Crippen molar-refractivity contribution >= 4 is 5.69 Å². The minimum Gasteiger partial charge on any atom is -0.497 e. The van der Waals surface area contributed by atoms with Gasteiger partial charge in [-0.15, -0.1) is 0 Å². The van der Waals surface area contributed by atoms with Crippen molar-refractivity contribution in [2.24, 2.45) is 5.73 Å². The van der Waals surface area contributed by atoms with Crippen LogP contribution < -0.4 is 15.2 Å². The molecule has 0 saturated heterocycles. The minimum atomic E-state index is -0.515. The van der Waals surface area contributed by atoms with Gasteiger partial charge in [-0.25, -0.2) is 0 Å². The third-order valence-corrected chi connectivity index (χ3v) is 2.82. The van der Waals surface area contributed by atoms with Gasteiger partial charge in [-0.2, -0.15) is 0 Å². The van der Waals surface area contributed by atoms with Crippen molar-refractivity contribution < 1.29 is 14.4 Å². The second-order valence-corrected chi connectivity index (χ2v) is 4.40. The first-order valence-corrected chi connectivity index (χ1v) is 6.23. The number of nitro groups is 1. The van der Waals surface area contributed by atoms with Crippen LogP contribution in [0.25, 0.3) is 0 Å². The van der Waals surface area contributed by atoms with E-state index in [-0.39, 0.29) is 17.5 Å². The number of aromatic nitrogens is 1. The Morgan fingerprint density at radius 2 is 2.00 bits per heavy atom. The lowest BCUT2D eigenvalue weighted by molar-refractivity contribution is -0.385. The number of ether oxygens (including phenoxy) is 2. The SMILES string of the molecule is COc1ccc([N+](=O)[O-])c(Oc2ccc([C@H](C)N)nc2)c1. The van der Waals surface area contributed by atoms with E-state index in [0.717, 1.165) is 0 Å². The maximum Gasteiger partial charge on any atom is 0.311 e. The molecule has 0 aliphatic heterocycles. The average Bonchev–Trinajstić information content (AvgIpc) is 2.47. The van der Waals surface area contributed by atoms with E-state index >= 15 is 0 Å². The van der Waals surface area contributed by atoms with Gasteiger partial charge < -0.3 is 15.2 Å². The quantitative estimate of drug-likeness (QED) is 0.671. The monoisotopic (exact) mass is 289 g/mol. The van der Waals surface area contributed by atoms with Gasteiger partial charge in [-0.1, -0.05) is 0 Å². The van der Waals surface area contributed by atoms with Gasteiger partial charge in [0.25, 0.3) is 0 Å². The number of rotatable bonds is 5. The molecular formula is C14H15N3O4. The molecule has 0 aliphatic rings. The van der Waals surface area contributed by atoms with Crippen LogP contribution in [0.5, 0.6) is 17.2 Å². The van der Waals surface area contributed by atoms with E-state index in [0.29, 0.717) is 17.2 Å². The Bertz CT molecular complexity index is 641. The summed E-state index contributed by atoms with van der Waals surface area (Å²) in [7, 11) is 1.48. The first kappa shape index (κ1) is 14.7. The third-order valence-electron chi connectivity index (χ3n) is 2.82. The smallest absolute Gasteiger partial charge is 0.311 e. The Morgan fingerprint density at radius 3 is 2.52 bits per heavy atom. The molecule has 110 valence electrons. The number of pyridine rings is 1. The molecular weight excluding hydrogens is 274 g/mol. The predicted octanol–water partition coefficient (Wildman–Crippen LogP) is 2.81. The number of nitrogens with zero attached hydrogens (tertiary/aromatic N) is 2. The van der Waals surface area contributed by atoms with Crippen molar-refractivity contribution in [1.29, 1.82) is 0 Å². The molecule has 1 aromatic heterocycles. The highest BCUT2D eigenvalue weighted by atomic mass is 16.6. The predicted molar refractivity (Wildman–Crippen MR) is 76.6 cm³/mol. The molecule has 1 aromatic carbocycles. The normalized spacial score (nSPS) is 11.8. The van der Waals surface area contributed by atoms with Crippen molar-refractivity contribution in [3.63, 3.8) is 0 Å². The lowest BCUT2D eigenvalue weighted by Crippen LogP contribution is -2.06. The first-order chi connectivity index (χ1) is 10.0. The first-order valence-electron chi connectivity index (χ1n) is 6.23. The fraction of sp³-hybridized carbons (Fsp3) is 0.214. The number of hydrogen-bond donors (Lipinski definition) is 1. The van der Waals surface area contributed by atoms with Crippen molar-refractivity contribution in [3.05, 3.63) is 52.3 Å². The Kier molecular flexibility index (Phi) is 4.34. The summed E-state index contributed by atoms with van der Waals surface area (Å²) in [5.74, 6) is 0.946. The Hall–Kier alpha value is -2.67. The standard InChI is InChI=1S/C14H15N3O4/c1-9(15)12-5-3-11(8-16-12)21-14-7-10(20-2)4-6-13(14)17(18)19/h3-9H,15H2,1-2H3/t9-/m0/s1. The maximum absolute atomic E-state index is 11.0. The van der Waals surface area contributed by atoms with E-state index in [1.54, 1.807) is 12.1 Å². The molecule has 7 heteroatoms. The second-order valence-electron chi connectivity index (χ2n) is 4.40. The van der Waals surface area contributed by atoms with Gasteiger partial charge in [0.05, 0.1) is 23.9 Å². The Labute approximate surface area is 121 Å². The largest absolute Gasteiger partial charge is 0.497 e. The molecule has 1 atom stereocenters. The lowest BCUT2D eigenvalue weighted by atomic mass is 10.2. The van der Waals surface area contributed by atoms with E-state index < -0.39 is 4.92 Å². The van der Waals surface area contributed by atoms with Crippen LogP contribution in [0.4, 0.5) is 5.69 Å². The fourth-order valence-electron chi connectivity index (χ4n) is 1.70. The number of methoxy groups -OCH3 is 1. The lowest BCUT2D eigenvalue weighted by Gasteiger charge is -2.09. The molecule has 21 heavy (non-hydrogen) atoms. The summed E-state index contributed by atoms with van der Waals surface area (Å²) < 4.78 is 10.6. The molecule has 2 aromatic rings. The number of nitrogens with two attached hydrogens (primary N) is 1. The fourth-order valence-corrected chi connectivity index (χ4v) is 1.70. The summed E-state index contributed by atoms with van der Waals surface area (Å²) in [5, 5.41) is 11.0.